The molecule has 0 aliphatic heterocycles. The van der Waals surface area contributed by atoms with Crippen molar-refractivity contribution in [2.24, 2.45) is 0 Å². The summed E-state index contributed by atoms with van der Waals surface area (Å²) in [7, 11) is 0. The zero-order chi connectivity index (χ0) is 12.0. The molecular weight excluding hydrogens is 200 g/mol. The molecule has 0 aliphatic carbocycles. The number of pyridine rings is 1. The number of aromatic nitrogens is 1. The molecule has 0 aliphatic rings. The first-order valence-corrected chi connectivity index (χ1v) is 5.44. The zero-order valence-electron chi connectivity index (χ0n) is 10.1. The van der Waals surface area contributed by atoms with Crippen LogP contribution in [0.1, 0.15) is 27.2 Å². The number of nitrogens with zero attached hydrogens (tertiary/aromatic N) is 1. The van der Waals surface area contributed by atoms with Crippen LogP contribution in [-0.2, 0) is 0 Å². The molecule has 1 aromatic heterocycles. The molecule has 16 heavy (non-hydrogen) atoms. The average Bonchev–Trinajstić information content (AvgIpc) is 2.26. The fourth-order valence-electron chi connectivity index (χ4n) is 1.15. The third-order valence-electron chi connectivity index (χ3n) is 2.01. The molecule has 0 radical (unpaired) electrons. The minimum atomic E-state index is -0.594. The lowest BCUT2D eigenvalue weighted by Gasteiger charge is -2.20. The molecule has 0 bridgehead atoms. The number of ether oxygens (including phenoxy) is 1. The van der Waals surface area contributed by atoms with Crippen LogP contribution >= 0.6 is 0 Å². The molecule has 3 heteroatoms. The van der Waals surface area contributed by atoms with E-state index in [0.717, 1.165) is 24.5 Å². The SMILES string of the molecule is C#CC(C)(C)Oc1ccnc(NCCC)c1. The predicted octanol–water partition coefficient (Wildman–Crippen LogP) is 2.69. The minimum Gasteiger partial charge on any atom is -0.475 e. The quantitative estimate of drug-likeness (QED) is 0.771. The fourth-order valence-corrected chi connectivity index (χ4v) is 1.15. The summed E-state index contributed by atoms with van der Waals surface area (Å²) in [5.74, 6) is 4.13. The van der Waals surface area contributed by atoms with Gasteiger partial charge >= 0.3 is 0 Å². The second-order valence-corrected chi connectivity index (χ2v) is 4.06. The van der Waals surface area contributed by atoms with Gasteiger partial charge in [0.1, 0.15) is 11.6 Å². The van der Waals surface area contributed by atoms with Crippen LogP contribution in [0.4, 0.5) is 5.82 Å². The summed E-state index contributed by atoms with van der Waals surface area (Å²) in [6, 6.07) is 3.66. The summed E-state index contributed by atoms with van der Waals surface area (Å²) in [5, 5.41) is 3.20. The number of anilines is 1. The van der Waals surface area contributed by atoms with Crippen LogP contribution in [0.3, 0.4) is 0 Å². The molecule has 3 nitrogen and oxygen atoms in total. The normalized spacial score (nSPS) is 10.6. The highest BCUT2D eigenvalue weighted by atomic mass is 16.5. The summed E-state index contributed by atoms with van der Waals surface area (Å²) >= 11 is 0. The molecule has 0 aromatic carbocycles. The Morgan fingerprint density at radius 2 is 2.31 bits per heavy atom. The van der Waals surface area contributed by atoms with Gasteiger partial charge in [-0.2, -0.15) is 0 Å². The van der Waals surface area contributed by atoms with Crippen LogP contribution in [0.2, 0.25) is 0 Å². The zero-order valence-corrected chi connectivity index (χ0v) is 10.1. The number of hydrogen-bond donors (Lipinski definition) is 1. The summed E-state index contributed by atoms with van der Waals surface area (Å²) in [6.07, 6.45) is 8.13. The van der Waals surface area contributed by atoms with Gasteiger partial charge in [-0.1, -0.05) is 12.8 Å². The van der Waals surface area contributed by atoms with Crippen LogP contribution in [0.15, 0.2) is 18.3 Å². The number of terminal acetylenes is 1. The Kier molecular flexibility index (Phi) is 4.19. The van der Waals surface area contributed by atoms with Gasteiger partial charge in [0.2, 0.25) is 0 Å². The van der Waals surface area contributed by atoms with E-state index in [-0.39, 0.29) is 0 Å². The second-order valence-electron chi connectivity index (χ2n) is 4.06. The Hall–Kier alpha value is -1.69. The van der Waals surface area contributed by atoms with E-state index in [9.17, 15) is 0 Å². The van der Waals surface area contributed by atoms with Crippen molar-refractivity contribution in [1.29, 1.82) is 0 Å². The van der Waals surface area contributed by atoms with Gasteiger partial charge < -0.3 is 10.1 Å². The van der Waals surface area contributed by atoms with Crippen molar-refractivity contribution in [3.63, 3.8) is 0 Å². The standard InChI is InChI=1S/C13H18N2O/c1-5-8-14-12-10-11(7-9-15-12)16-13(3,4)6-2/h2,7,9-10H,5,8H2,1,3-4H3,(H,14,15). The minimum absolute atomic E-state index is 0.594. The van der Waals surface area contributed by atoms with E-state index in [0.29, 0.717) is 0 Å². The van der Waals surface area contributed by atoms with Gasteiger partial charge in [0, 0.05) is 18.8 Å². The van der Waals surface area contributed by atoms with Crippen molar-refractivity contribution >= 4 is 5.82 Å². The van der Waals surface area contributed by atoms with Crippen LogP contribution in [0.5, 0.6) is 5.75 Å². The molecule has 0 unspecified atom stereocenters. The molecular formula is C13H18N2O. The molecule has 1 rings (SSSR count). The monoisotopic (exact) mass is 218 g/mol. The van der Waals surface area contributed by atoms with Crippen LogP contribution in [0.25, 0.3) is 0 Å². The lowest BCUT2D eigenvalue weighted by atomic mass is 10.1. The van der Waals surface area contributed by atoms with Crippen molar-refractivity contribution in [2.75, 3.05) is 11.9 Å². The fraction of sp³-hybridized carbons (Fsp3) is 0.462. The summed E-state index contributed by atoms with van der Waals surface area (Å²) in [6.45, 7) is 6.71. The molecule has 0 fully saturated rings. The first-order chi connectivity index (χ1) is 7.57. The molecule has 0 spiro atoms. The molecule has 0 atom stereocenters. The highest BCUT2D eigenvalue weighted by Crippen LogP contribution is 2.19. The van der Waals surface area contributed by atoms with Crippen molar-refractivity contribution in [2.45, 2.75) is 32.8 Å². The molecule has 0 saturated carbocycles. The van der Waals surface area contributed by atoms with E-state index in [1.165, 1.54) is 0 Å². The maximum absolute atomic E-state index is 5.66. The molecule has 1 heterocycles. The van der Waals surface area contributed by atoms with Crippen molar-refractivity contribution < 1.29 is 4.74 Å². The topological polar surface area (TPSA) is 34.1 Å². The smallest absolute Gasteiger partial charge is 0.163 e. The Labute approximate surface area is 97.2 Å². The van der Waals surface area contributed by atoms with E-state index in [2.05, 4.69) is 23.1 Å². The Morgan fingerprint density at radius 1 is 1.56 bits per heavy atom. The number of hydrogen-bond acceptors (Lipinski definition) is 3. The Balaban J connectivity index is 2.72. The highest BCUT2D eigenvalue weighted by Gasteiger charge is 2.15. The number of rotatable bonds is 5. The van der Waals surface area contributed by atoms with Crippen molar-refractivity contribution in [3.8, 4) is 18.1 Å². The van der Waals surface area contributed by atoms with Gasteiger partial charge in [0.25, 0.3) is 0 Å². The van der Waals surface area contributed by atoms with E-state index >= 15 is 0 Å². The number of nitrogens with one attached hydrogen (secondary N) is 1. The predicted molar refractivity (Wildman–Crippen MR) is 66.6 cm³/mol. The molecule has 0 amide bonds. The van der Waals surface area contributed by atoms with E-state index in [1.807, 2.05) is 19.9 Å². The lowest BCUT2D eigenvalue weighted by molar-refractivity contribution is 0.172. The highest BCUT2D eigenvalue weighted by molar-refractivity contribution is 5.41. The summed E-state index contributed by atoms with van der Waals surface area (Å²) in [4.78, 5) is 4.19. The van der Waals surface area contributed by atoms with Gasteiger partial charge in [0.15, 0.2) is 5.60 Å². The molecule has 86 valence electrons. The van der Waals surface area contributed by atoms with Gasteiger partial charge in [-0.15, -0.1) is 6.42 Å². The van der Waals surface area contributed by atoms with Crippen LogP contribution in [0, 0.1) is 12.3 Å². The van der Waals surface area contributed by atoms with Gasteiger partial charge in [-0.05, 0) is 26.3 Å². The van der Waals surface area contributed by atoms with E-state index in [1.54, 1.807) is 12.3 Å². The molecule has 0 saturated heterocycles. The third kappa shape index (κ3) is 3.82. The van der Waals surface area contributed by atoms with Crippen molar-refractivity contribution in [1.82, 2.24) is 4.98 Å². The van der Waals surface area contributed by atoms with Gasteiger partial charge in [-0.25, -0.2) is 4.98 Å². The Morgan fingerprint density at radius 3 is 2.94 bits per heavy atom. The first kappa shape index (κ1) is 12.4. The average molecular weight is 218 g/mol. The van der Waals surface area contributed by atoms with Gasteiger partial charge in [-0.3, -0.25) is 0 Å². The molecule has 1 aromatic rings. The van der Waals surface area contributed by atoms with Crippen molar-refractivity contribution in [3.05, 3.63) is 18.3 Å². The molecule has 1 N–H and O–H groups in total. The second kappa shape index (κ2) is 5.41. The maximum atomic E-state index is 5.66. The lowest BCUT2D eigenvalue weighted by Crippen LogP contribution is -2.25. The largest absolute Gasteiger partial charge is 0.475 e. The first-order valence-electron chi connectivity index (χ1n) is 5.44. The van der Waals surface area contributed by atoms with Crippen LogP contribution < -0.4 is 10.1 Å². The summed E-state index contributed by atoms with van der Waals surface area (Å²) < 4.78 is 5.66. The summed E-state index contributed by atoms with van der Waals surface area (Å²) in [5.41, 5.74) is -0.594. The maximum Gasteiger partial charge on any atom is 0.163 e. The van der Waals surface area contributed by atoms with Gasteiger partial charge in [0.05, 0.1) is 0 Å². The third-order valence-corrected chi connectivity index (χ3v) is 2.01. The Bertz CT molecular complexity index is 380. The van der Waals surface area contributed by atoms with E-state index < -0.39 is 5.60 Å². The van der Waals surface area contributed by atoms with Crippen LogP contribution in [-0.4, -0.2) is 17.1 Å². The van der Waals surface area contributed by atoms with E-state index in [4.69, 9.17) is 11.2 Å².